The largest absolute Gasteiger partial charge is 0.353 e. The van der Waals surface area contributed by atoms with Crippen LogP contribution in [0.4, 0.5) is 8.78 Å². The minimum atomic E-state index is -0.729. The van der Waals surface area contributed by atoms with E-state index in [4.69, 9.17) is 9.47 Å². The normalized spacial score (nSPS) is 17.5. The van der Waals surface area contributed by atoms with E-state index in [1.165, 1.54) is 6.08 Å². The van der Waals surface area contributed by atoms with Gasteiger partial charge in [0.15, 0.2) is 12.1 Å². The summed E-state index contributed by atoms with van der Waals surface area (Å²) in [4.78, 5) is 12.5. The monoisotopic (exact) mass is 386 g/mol. The van der Waals surface area contributed by atoms with E-state index in [2.05, 4.69) is 0 Å². The molecular weight excluding hydrogens is 362 g/mol. The Hall–Kier alpha value is -2.37. The molecule has 148 valence electrons. The molecule has 1 aliphatic rings. The maximum Gasteiger partial charge on any atom is 0.189 e. The highest BCUT2D eigenvalue weighted by Gasteiger charge is 2.15. The molecule has 2 aromatic carbocycles. The van der Waals surface area contributed by atoms with Crippen LogP contribution in [0.25, 0.3) is 5.57 Å². The number of halogens is 2. The first-order valence-electron chi connectivity index (χ1n) is 9.62. The molecule has 0 radical (unpaired) electrons. The number of allylic oxidation sites excluding steroid dienone is 2. The molecule has 0 bridgehead atoms. The Labute approximate surface area is 164 Å². The van der Waals surface area contributed by atoms with Gasteiger partial charge in [0.1, 0.15) is 11.6 Å². The van der Waals surface area contributed by atoms with Crippen LogP contribution >= 0.6 is 0 Å². The van der Waals surface area contributed by atoms with E-state index in [0.29, 0.717) is 19.4 Å². The lowest BCUT2D eigenvalue weighted by atomic mass is 9.98. The fraction of sp³-hybridized carbons (Fsp3) is 0.348. The minimum Gasteiger partial charge on any atom is -0.353 e. The smallest absolute Gasteiger partial charge is 0.189 e. The van der Waals surface area contributed by atoms with Gasteiger partial charge in [-0.15, -0.1) is 0 Å². The molecule has 0 saturated carbocycles. The Morgan fingerprint density at radius 1 is 1.14 bits per heavy atom. The number of carbonyl (C=O) groups is 1. The average Bonchev–Trinajstić information content (AvgIpc) is 2.73. The van der Waals surface area contributed by atoms with Gasteiger partial charge in [-0.2, -0.15) is 0 Å². The molecule has 1 fully saturated rings. The standard InChI is InChI=1S/C23H24F2O3/c24-19-11-12-21(25)20(16-19)22(26)15-18(17-7-2-1-3-8-17)9-6-14-28-23-10-4-5-13-27-23/h1-3,7-8,11-12,15-16,23H,4-6,9-10,13-14H2/b18-15-. The summed E-state index contributed by atoms with van der Waals surface area (Å²) in [7, 11) is 0. The molecule has 2 aromatic rings. The molecule has 1 saturated heterocycles. The van der Waals surface area contributed by atoms with Crippen molar-refractivity contribution in [1.82, 2.24) is 0 Å². The first kappa shape index (κ1) is 20.4. The van der Waals surface area contributed by atoms with E-state index < -0.39 is 17.4 Å². The van der Waals surface area contributed by atoms with Gasteiger partial charge in [-0.05, 0) is 67.5 Å². The summed E-state index contributed by atoms with van der Waals surface area (Å²) in [6.07, 6.45) is 5.59. The predicted octanol–water partition coefficient (Wildman–Crippen LogP) is 5.55. The SMILES string of the molecule is O=C(/C=C(/CCCOC1CCCCO1)c1ccccc1)c1cc(F)ccc1F. The molecule has 0 N–H and O–H groups in total. The second-order valence-electron chi connectivity index (χ2n) is 6.79. The number of rotatable bonds is 8. The van der Waals surface area contributed by atoms with Crippen molar-refractivity contribution in [3.8, 4) is 0 Å². The van der Waals surface area contributed by atoms with E-state index in [0.717, 1.165) is 55.2 Å². The third-order valence-corrected chi connectivity index (χ3v) is 4.68. The molecule has 28 heavy (non-hydrogen) atoms. The molecule has 3 nitrogen and oxygen atoms in total. The second-order valence-corrected chi connectivity index (χ2v) is 6.79. The fourth-order valence-corrected chi connectivity index (χ4v) is 3.19. The molecule has 1 heterocycles. The summed E-state index contributed by atoms with van der Waals surface area (Å²) in [5.74, 6) is -1.92. The van der Waals surface area contributed by atoms with Crippen molar-refractivity contribution in [3.63, 3.8) is 0 Å². The van der Waals surface area contributed by atoms with Crippen LogP contribution < -0.4 is 0 Å². The molecule has 1 unspecified atom stereocenters. The van der Waals surface area contributed by atoms with Gasteiger partial charge >= 0.3 is 0 Å². The van der Waals surface area contributed by atoms with Crippen LogP contribution in [0.15, 0.2) is 54.6 Å². The summed E-state index contributed by atoms with van der Waals surface area (Å²) < 4.78 is 38.7. The van der Waals surface area contributed by atoms with E-state index in [9.17, 15) is 13.6 Å². The van der Waals surface area contributed by atoms with Gasteiger partial charge in [-0.1, -0.05) is 30.3 Å². The summed E-state index contributed by atoms with van der Waals surface area (Å²) in [5.41, 5.74) is 1.38. The van der Waals surface area contributed by atoms with Crippen molar-refractivity contribution in [3.05, 3.63) is 77.4 Å². The summed E-state index contributed by atoms with van der Waals surface area (Å²) in [5, 5.41) is 0. The van der Waals surface area contributed by atoms with Gasteiger partial charge in [-0.3, -0.25) is 4.79 Å². The molecule has 3 rings (SSSR count). The van der Waals surface area contributed by atoms with Crippen LogP contribution in [-0.2, 0) is 9.47 Å². The zero-order valence-electron chi connectivity index (χ0n) is 15.7. The van der Waals surface area contributed by atoms with Crippen molar-refractivity contribution in [2.75, 3.05) is 13.2 Å². The number of ketones is 1. The van der Waals surface area contributed by atoms with Crippen LogP contribution in [0, 0.1) is 11.6 Å². The average molecular weight is 386 g/mol. The van der Waals surface area contributed by atoms with Crippen LogP contribution in [0.2, 0.25) is 0 Å². The lowest BCUT2D eigenvalue weighted by Crippen LogP contribution is -2.22. The predicted molar refractivity (Wildman–Crippen MR) is 104 cm³/mol. The maximum absolute atomic E-state index is 13.9. The quantitative estimate of drug-likeness (QED) is 0.339. The zero-order valence-corrected chi connectivity index (χ0v) is 15.7. The van der Waals surface area contributed by atoms with Crippen LogP contribution in [0.3, 0.4) is 0 Å². The Bertz CT molecular complexity index is 812. The molecule has 1 atom stereocenters. The molecule has 0 spiro atoms. The third-order valence-electron chi connectivity index (χ3n) is 4.68. The number of benzene rings is 2. The molecule has 0 aromatic heterocycles. The van der Waals surface area contributed by atoms with E-state index >= 15 is 0 Å². The highest BCUT2D eigenvalue weighted by atomic mass is 19.1. The number of hydrogen-bond acceptors (Lipinski definition) is 3. The highest BCUT2D eigenvalue weighted by Crippen LogP contribution is 2.23. The van der Waals surface area contributed by atoms with E-state index in [1.54, 1.807) is 0 Å². The van der Waals surface area contributed by atoms with Crippen LogP contribution in [-0.4, -0.2) is 25.3 Å². The Kier molecular flexibility index (Phi) is 7.46. The molecule has 1 aliphatic heterocycles. The third kappa shape index (κ3) is 5.81. The first-order chi connectivity index (χ1) is 13.6. The summed E-state index contributed by atoms with van der Waals surface area (Å²) >= 11 is 0. The van der Waals surface area contributed by atoms with Crippen molar-refractivity contribution in [1.29, 1.82) is 0 Å². The van der Waals surface area contributed by atoms with Gasteiger partial charge in [0, 0.05) is 6.61 Å². The topological polar surface area (TPSA) is 35.5 Å². The van der Waals surface area contributed by atoms with E-state index in [-0.39, 0.29) is 11.9 Å². The van der Waals surface area contributed by atoms with Crippen LogP contribution in [0.1, 0.15) is 48.0 Å². The van der Waals surface area contributed by atoms with Crippen molar-refractivity contribution < 1.29 is 23.0 Å². The molecular formula is C23H24F2O3. The Morgan fingerprint density at radius 2 is 1.96 bits per heavy atom. The zero-order chi connectivity index (χ0) is 19.8. The minimum absolute atomic E-state index is 0.152. The number of ether oxygens (including phenoxy) is 2. The van der Waals surface area contributed by atoms with Gasteiger partial charge in [0.25, 0.3) is 0 Å². The van der Waals surface area contributed by atoms with Crippen molar-refractivity contribution in [2.24, 2.45) is 0 Å². The number of carbonyl (C=O) groups excluding carboxylic acids is 1. The second kappa shape index (κ2) is 10.2. The van der Waals surface area contributed by atoms with Gasteiger partial charge in [-0.25, -0.2) is 8.78 Å². The Balaban J connectivity index is 1.69. The lowest BCUT2D eigenvalue weighted by Gasteiger charge is -2.22. The van der Waals surface area contributed by atoms with Crippen molar-refractivity contribution in [2.45, 2.75) is 38.4 Å². The molecule has 5 heteroatoms. The molecule has 0 aliphatic carbocycles. The first-order valence-corrected chi connectivity index (χ1v) is 9.62. The van der Waals surface area contributed by atoms with Gasteiger partial charge in [0.05, 0.1) is 12.2 Å². The summed E-state index contributed by atoms with van der Waals surface area (Å²) in [6.45, 7) is 1.24. The highest BCUT2D eigenvalue weighted by molar-refractivity contribution is 6.08. The van der Waals surface area contributed by atoms with Gasteiger partial charge in [0.2, 0.25) is 0 Å². The lowest BCUT2D eigenvalue weighted by molar-refractivity contribution is -0.162. The maximum atomic E-state index is 13.9. The Morgan fingerprint density at radius 3 is 2.71 bits per heavy atom. The van der Waals surface area contributed by atoms with Crippen molar-refractivity contribution >= 4 is 11.4 Å². The fourth-order valence-electron chi connectivity index (χ4n) is 3.19. The number of hydrogen-bond donors (Lipinski definition) is 0. The van der Waals surface area contributed by atoms with E-state index in [1.807, 2.05) is 30.3 Å². The summed E-state index contributed by atoms with van der Waals surface area (Å²) in [6, 6.07) is 12.3. The molecule has 0 amide bonds. The van der Waals surface area contributed by atoms with Crippen LogP contribution in [0.5, 0.6) is 0 Å². The van der Waals surface area contributed by atoms with Gasteiger partial charge < -0.3 is 9.47 Å².